The van der Waals surface area contributed by atoms with Crippen molar-refractivity contribution in [3.8, 4) is 0 Å². The molecule has 0 amide bonds. The van der Waals surface area contributed by atoms with Gasteiger partial charge in [0.05, 0.1) is 6.54 Å². The lowest BCUT2D eigenvalue weighted by Gasteiger charge is -2.47. The number of primary sulfonamides is 1. The van der Waals surface area contributed by atoms with Crippen LogP contribution in [-0.4, -0.2) is 38.5 Å². The molecule has 3 heterocycles. The fourth-order valence-corrected chi connectivity index (χ4v) is 4.11. The Balaban J connectivity index is 1.57. The van der Waals surface area contributed by atoms with Gasteiger partial charge in [-0.3, -0.25) is 0 Å². The summed E-state index contributed by atoms with van der Waals surface area (Å²) in [6.07, 6.45) is 6.19. The van der Waals surface area contributed by atoms with Crippen LogP contribution in [0, 0.1) is 0 Å². The van der Waals surface area contributed by atoms with Crippen LogP contribution in [0.3, 0.4) is 0 Å². The summed E-state index contributed by atoms with van der Waals surface area (Å²) in [5, 5.41) is 8.37. The first-order valence-electron chi connectivity index (χ1n) is 7.50. The summed E-state index contributed by atoms with van der Waals surface area (Å²) in [7, 11) is -1.51. The molecule has 0 aliphatic carbocycles. The molecule has 2 aliphatic rings. The van der Waals surface area contributed by atoms with E-state index in [-0.39, 0.29) is 5.09 Å². The maximum Gasteiger partial charge on any atom is 0.271 e. The Morgan fingerprint density at radius 3 is 2.57 bits per heavy atom. The zero-order valence-electron chi connectivity index (χ0n) is 12.3. The van der Waals surface area contributed by atoms with E-state index in [9.17, 15) is 8.42 Å². The Morgan fingerprint density at radius 2 is 2.00 bits per heavy atom. The van der Waals surface area contributed by atoms with Crippen molar-refractivity contribution in [2.45, 2.75) is 61.9 Å². The number of furan rings is 1. The van der Waals surface area contributed by atoms with Crippen molar-refractivity contribution >= 4 is 10.0 Å². The average Bonchev–Trinajstić information content (AvgIpc) is 2.85. The predicted molar refractivity (Wildman–Crippen MR) is 79.1 cm³/mol. The number of nitrogens with zero attached hydrogens (tertiary/aromatic N) is 1. The molecule has 1 aromatic heterocycles. The summed E-state index contributed by atoms with van der Waals surface area (Å²) in [4.78, 5) is 2.52. The standard InChI is InChI=1S/C14H23N3O3S/c1-17-11-3-2-4-12(17)8-10(7-11)16-9-13-5-6-14(20-13)21(15,18)19/h5-6,10-12,16H,2-4,7-9H2,1H3,(H2,15,18,19). The molecule has 2 bridgehead atoms. The zero-order valence-corrected chi connectivity index (χ0v) is 13.1. The molecule has 2 fully saturated rings. The minimum absolute atomic E-state index is 0.167. The molecule has 0 aromatic carbocycles. The Kier molecular flexibility index (Phi) is 4.09. The van der Waals surface area contributed by atoms with Crippen molar-refractivity contribution < 1.29 is 12.8 Å². The largest absolute Gasteiger partial charge is 0.447 e. The Labute approximate surface area is 125 Å². The smallest absolute Gasteiger partial charge is 0.271 e. The SMILES string of the molecule is CN1C2CCCC1CC(NCc1ccc(S(N)(=O)=O)o1)C2. The second kappa shape index (κ2) is 5.72. The molecule has 2 saturated heterocycles. The molecule has 2 unspecified atom stereocenters. The van der Waals surface area contributed by atoms with E-state index in [0.29, 0.717) is 30.4 Å². The average molecular weight is 313 g/mol. The van der Waals surface area contributed by atoms with E-state index in [4.69, 9.17) is 9.56 Å². The molecule has 21 heavy (non-hydrogen) atoms. The molecule has 7 heteroatoms. The van der Waals surface area contributed by atoms with Gasteiger partial charge < -0.3 is 14.6 Å². The normalized spacial score (nSPS) is 30.5. The van der Waals surface area contributed by atoms with E-state index in [1.807, 2.05) is 0 Å². The first kappa shape index (κ1) is 15.0. The van der Waals surface area contributed by atoms with Crippen molar-refractivity contribution in [3.05, 3.63) is 17.9 Å². The second-order valence-corrected chi connectivity index (χ2v) is 7.71. The van der Waals surface area contributed by atoms with Gasteiger partial charge in [0.25, 0.3) is 10.0 Å². The number of rotatable bonds is 4. The van der Waals surface area contributed by atoms with Gasteiger partial charge in [0.1, 0.15) is 5.76 Å². The third-order valence-electron chi connectivity index (χ3n) is 4.82. The summed E-state index contributed by atoms with van der Waals surface area (Å²) >= 11 is 0. The highest BCUT2D eigenvalue weighted by molar-refractivity contribution is 7.89. The van der Waals surface area contributed by atoms with Crippen molar-refractivity contribution in [2.24, 2.45) is 5.14 Å². The summed E-state index contributed by atoms with van der Waals surface area (Å²) < 4.78 is 27.6. The van der Waals surface area contributed by atoms with Crippen LogP contribution < -0.4 is 10.5 Å². The molecule has 2 aliphatic heterocycles. The zero-order chi connectivity index (χ0) is 15.0. The lowest BCUT2D eigenvalue weighted by atomic mass is 9.82. The van der Waals surface area contributed by atoms with Crippen LogP contribution in [0.5, 0.6) is 0 Å². The van der Waals surface area contributed by atoms with Gasteiger partial charge in [0.15, 0.2) is 0 Å². The maximum atomic E-state index is 11.2. The van der Waals surface area contributed by atoms with E-state index in [2.05, 4.69) is 17.3 Å². The van der Waals surface area contributed by atoms with Gasteiger partial charge in [-0.2, -0.15) is 0 Å². The number of hydrogen-bond acceptors (Lipinski definition) is 5. The summed E-state index contributed by atoms with van der Waals surface area (Å²) in [6.45, 7) is 0.545. The first-order chi connectivity index (χ1) is 9.93. The lowest BCUT2D eigenvalue weighted by Crippen LogP contribution is -2.54. The van der Waals surface area contributed by atoms with Crippen LogP contribution >= 0.6 is 0 Å². The van der Waals surface area contributed by atoms with Crippen molar-refractivity contribution in [3.63, 3.8) is 0 Å². The van der Waals surface area contributed by atoms with Crippen molar-refractivity contribution in [1.29, 1.82) is 0 Å². The molecule has 3 rings (SSSR count). The van der Waals surface area contributed by atoms with E-state index >= 15 is 0 Å². The highest BCUT2D eigenvalue weighted by atomic mass is 32.2. The number of nitrogens with two attached hydrogens (primary N) is 1. The molecule has 6 nitrogen and oxygen atoms in total. The number of fused-ring (bicyclic) bond motifs is 2. The van der Waals surface area contributed by atoms with Gasteiger partial charge in [-0.05, 0) is 44.9 Å². The topological polar surface area (TPSA) is 88.6 Å². The predicted octanol–water partition coefficient (Wildman–Crippen LogP) is 1.03. The first-order valence-corrected chi connectivity index (χ1v) is 9.05. The van der Waals surface area contributed by atoms with Crippen LogP contribution in [-0.2, 0) is 16.6 Å². The van der Waals surface area contributed by atoms with E-state index in [1.165, 1.54) is 25.3 Å². The van der Waals surface area contributed by atoms with E-state index < -0.39 is 10.0 Å². The highest BCUT2D eigenvalue weighted by Crippen LogP contribution is 2.32. The van der Waals surface area contributed by atoms with Gasteiger partial charge in [-0.15, -0.1) is 0 Å². The fourth-order valence-electron chi connectivity index (χ4n) is 3.63. The number of hydrogen-bond donors (Lipinski definition) is 2. The summed E-state index contributed by atoms with van der Waals surface area (Å²) in [6, 6.07) is 4.90. The number of nitrogens with one attached hydrogen (secondary N) is 1. The minimum atomic E-state index is -3.75. The van der Waals surface area contributed by atoms with Gasteiger partial charge in [0.2, 0.25) is 5.09 Å². The maximum absolute atomic E-state index is 11.2. The number of sulfonamides is 1. The Morgan fingerprint density at radius 1 is 1.33 bits per heavy atom. The molecule has 1 aromatic rings. The van der Waals surface area contributed by atoms with Gasteiger partial charge in [-0.1, -0.05) is 6.42 Å². The molecule has 0 saturated carbocycles. The van der Waals surface area contributed by atoms with E-state index in [1.54, 1.807) is 6.07 Å². The molecular weight excluding hydrogens is 290 g/mol. The third-order valence-corrected chi connectivity index (χ3v) is 5.60. The third kappa shape index (κ3) is 3.31. The van der Waals surface area contributed by atoms with Crippen LogP contribution in [0.1, 0.15) is 37.9 Å². The lowest BCUT2D eigenvalue weighted by molar-refractivity contribution is 0.0477. The summed E-state index contributed by atoms with van der Waals surface area (Å²) in [5.74, 6) is 0.614. The molecule has 0 spiro atoms. The van der Waals surface area contributed by atoms with Crippen LogP contribution in [0.15, 0.2) is 21.6 Å². The monoisotopic (exact) mass is 313 g/mol. The fraction of sp³-hybridized carbons (Fsp3) is 0.714. The molecule has 0 radical (unpaired) electrons. The van der Waals surface area contributed by atoms with Crippen LogP contribution in [0.25, 0.3) is 0 Å². The Bertz CT molecular complexity index is 584. The minimum Gasteiger partial charge on any atom is -0.447 e. The highest BCUT2D eigenvalue weighted by Gasteiger charge is 2.35. The van der Waals surface area contributed by atoms with Crippen LogP contribution in [0.2, 0.25) is 0 Å². The van der Waals surface area contributed by atoms with Crippen molar-refractivity contribution in [1.82, 2.24) is 10.2 Å². The molecule has 2 atom stereocenters. The molecular formula is C14H23N3O3S. The van der Waals surface area contributed by atoms with E-state index in [0.717, 1.165) is 12.8 Å². The van der Waals surface area contributed by atoms with Gasteiger partial charge in [0, 0.05) is 18.1 Å². The Hall–Kier alpha value is -0.890. The number of piperidine rings is 2. The van der Waals surface area contributed by atoms with Crippen LogP contribution in [0.4, 0.5) is 0 Å². The quantitative estimate of drug-likeness (QED) is 0.867. The molecule has 118 valence electrons. The van der Waals surface area contributed by atoms with Gasteiger partial charge in [-0.25, -0.2) is 13.6 Å². The summed E-state index contributed by atoms with van der Waals surface area (Å²) in [5.41, 5.74) is 0. The van der Waals surface area contributed by atoms with Gasteiger partial charge >= 0.3 is 0 Å². The van der Waals surface area contributed by atoms with Crippen molar-refractivity contribution in [2.75, 3.05) is 7.05 Å². The second-order valence-electron chi connectivity index (χ2n) is 6.22. The molecule has 3 N–H and O–H groups in total.